The average molecular weight is 399 g/mol. The first kappa shape index (κ1) is 23.0. The molecule has 0 aliphatic rings. The van der Waals surface area contributed by atoms with Crippen molar-refractivity contribution in [3.63, 3.8) is 0 Å². The molecule has 0 aromatic heterocycles. The molecule has 29 heavy (non-hydrogen) atoms. The standard InChI is InChI=1S/C24H38N4O/c1-5-11-23(3,15-25)19-9-7-17(13-21(19)27)29-18-8-10-20(22(28)14-18)24(4,16-26)12-6-2/h7-10,13-14H,5-6,11-12,15-16,25-28H2,1-4H3. The summed E-state index contributed by atoms with van der Waals surface area (Å²) >= 11 is 0. The SMILES string of the molecule is CCCC(C)(CN)c1ccc(Oc2ccc(C(C)(CN)CCC)c(N)c2)cc1N. The molecule has 2 rings (SSSR count). The molecule has 5 nitrogen and oxygen atoms in total. The smallest absolute Gasteiger partial charge is 0.129 e. The molecule has 2 atom stereocenters. The fourth-order valence-electron chi connectivity index (χ4n) is 4.24. The lowest BCUT2D eigenvalue weighted by Gasteiger charge is -2.30. The first-order valence-corrected chi connectivity index (χ1v) is 10.6. The number of anilines is 2. The third-order valence-electron chi connectivity index (χ3n) is 6.09. The van der Waals surface area contributed by atoms with Crippen LogP contribution in [0.1, 0.15) is 64.5 Å². The molecule has 8 N–H and O–H groups in total. The summed E-state index contributed by atoms with van der Waals surface area (Å²) in [6.07, 6.45) is 4.08. The van der Waals surface area contributed by atoms with Crippen molar-refractivity contribution in [1.82, 2.24) is 0 Å². The zero-order valence-corrected chi connectivity index (χ0v) is 18.4. The van der Waals surface area contributed by atoms with Gasteiger partial charge >= 0.3 is 0 Å². The largest absolute Gasteiger partial charge is 0.457 e. The Morgan fingerprint density at radius 3 is 1.38 bits per heavy atom. The summed E-state index contributed by atoms with van der Waals surface area (Å²) in [6, 6.07) is 11.7. The Hall–Kier alpha value is -2.24. The number of hydrogen-bond acceptors (Lipinski definition) is 5. The van der Waals surface area contributed by atoms with E-state index in [0.29, 0.717) is 36.0 Å². The molecule has 160 valence electrons. The van der Waals surface area contributed by atoms with E-state index in [9.17, 15) is 0 Å². The highest BCUT2D eigenvalue weighted by molar-refractivity contribution is 5.58. The van der Waals surface area contributed by atoms with Crippen molar-refractivity contribution < 1.29 is 4.74 Å². The van der Waals surface area contributed by atoms with Crippen LogP contribution in [0.15, 0.2) is 36.4 Å². The van der Waals surface area contributed by atoms with Crippen LogP contribution in [0.25, 0.3) is 0 Å². The molecule has 0 aliphatic heterocycles. The summed E-state index contributed by atoms with van der Waals surface area (Å²) in [5.41, 5.74) is 28.1. The Labute approximate surface area is 175 Å². The predicted molar refractivity (Wildman–Crippen MR) is 124 cm³/mol. The molecule has 2 unspecified atom stereocenters. The molecular formula is C24H38N4O. The Kier molecular flexibility index (Phi) is 7.55. The first-order valence-electron chi connectivity index (χ1n) is 10.6. The molecule has 0 saturated heterocycles. The van der Waals surface area contributed by atoms with Crippen molar-refractivity contribution in [2.24, 2.45) is 11.5 Å². The quantitative estimate of drug-likeness (QED) is 0.434. The number of nitrogen functional groups attached to an aromatic ring is 2. The lowest BCUT2D eigenvalue weighted by atomic mass is 9.78. The van der Waals surface area contributed by atoms with Crippen LogP contribution in [0.4, 0.5) is 11.4 Å². The van der Waals surface area contributed by atoms with Crippen molar-refractivity contribution in [2.75, 3.05) is 24.6 Å². The van der Waals surface area contributed by atoms with Gasteiger partial charge in [0.25, 0.3) is 0 Å². The number of rotatable bonds is 10. The minimum atomic E-state index is -0.130. The van der Waals surface area contributed by atoms with E-state index in [1.54, 1.807) is 0 Å². The second kappa shape index (κ2) is 9.51. The third kappa shape index (κ3) is 5.03. The van der Waals surface area contributed by atoms with Gasteiger partial charge in [0, 0.05) is 47.4 Å². The van der Waals surface area contributed by atoms with E-state index < -0.39 is 0 Å². The van der Waals surface area contributed by atoms with E-state index in [0.717, 1.165) is 36.8 Å². The summed E-state index contributed by atoms with van der Waals surface area (Å²) in [5, 5.41) is 0. The van der Waals surface area contributed by atoms with Gasteiger partial charge in [-0.15, -0.1) is 0 Å². The molecule has 0 bridgehead atoms. The maximum atomic E-state index is 6.36. The molecule has 0 spiro atoms. The lowest BCUT2D eigenvalue weighted by Crippen LogP contribution is -2.32. The minimum absolute atomic E-state index is 0.130. The zero-order chi connectivity index (χ0) is 21.7. The van der Waals surface area contributed by atoms with Crippen LogP contribution in [0, 0.1) is 0 Å². The molecule has 0 heterocycles. The van der Waals surface area contributed by atoms with E-state index in [1.165, 1.54) is 0 Å². The van der Waals surface area contributed by atoms with Crippen LogP contribution in [0.2, 0.25) is 0 Å². The maximum Gasteiger partial charge on any atom is 0.129 e. The lowest BCUT2D eigenvalue weighted by molar-refractivity contribution is 0.437. The van der Waals surface area contributed by atoms with Crippen LogP contribution in [-0.2, 0) is 10.8 Å². The summed E-state index contributed by atoms with van der Waals surface area (Å²) < 4.78 is 6.04. The highest BCUT2D eigenvalue weighted by Gasteiger charge is 2.27. The van der Waals surface area contributed by atoms with Crippen molar-refractivity contribution in [2.45, 2.75) is 64.2 Å². The number of benzene rings is 2. The fraction of sp³-hybridized carbons (Fsp3) is 0.500. The van der Waals surface area contributed by atoms with E-state index in [2.05, 4.69) is 27.7 Å². The third-order valence-corrected chi connectivity index (χ3v) is 6.09. The predicted octanol–water partition coefficient (Wildman–Crippen LogP) is 4.68. The second-order valence-electron chi connectivity index (χ2n) is 8.63. The molecular weight excluding hydrogens is 360 g/mol. The molecule has 0 radical (unpaired) electrons. The molecule has 0 amide bonds. The van der Waals surface area contributed by atoms with E-state index in [4.69, 9.17) is 27.7 Å². The summed E-state index contributed by atoms with van der Waals surface area (Å²) in [4.78, 5) is 0. The van der Waals surface area contributed by atoms with Gasteiger partial charge in [0.15, 0.2) is 0 Å². The summed E-state index contributed by atoms with van der Waals surface area (Å²) in [6.45, 7) is 9.75. The van der Waals surface area contributed by atoms with Gasteiger partial charge in [-0.3, -0.25) is 0 Å². The van der Waals surface area contributed by atoms with Gasteiger partial charge in [0.2, 0.25) is 0 Å². The van der Waals surface area contributed by atoms with Crippen molar-refractivity contribution >= 4 is 11.4 Å². The van der Waals surface area contributed by atoms with Gasteiger partial charge in [0.05, 0.1) is 0 Å². The fourth-order valence-corrected chi connectivity index (χ4v) is 4.24. The van der Waals surface area contributed by atoms with Crippen LogP contribution in [0.3, 0.4) is 0 Å². The van der Waals surface area contributed by atoms with Gasteiger partial charge in [-0.2, -0.15) is 0 Å². The van der Waals surface area contributed by atoms with Gasteiger partial charge in [-0.25, -0.2) is 0 Å². The molecule has 0 saturated carbocycles. The summed E-state index contributed by atoms with van der Waals surface area (Å²) in [7, 11) is 0. The average Bonchev–Trinajstić information content (AvgIpc) is 2.68. The Balaban J connectivity index is 2.27. The first-order chi connectivity index (χ1) is 13.7. The maximum absolute atomic E-state index is 6.36. The molecule has 2 aromatic carbocycles. The highest BCUT2D eigenvalue weighted by Crippen LogP contribution is 2.37. The van der Waals surface area contributed by atoms with E-state index >= 15 is 0 Å². The molecule has 2 aromatic rings. The van der Waals surface area contributed by atoms with Crippen molar-refractivity contribution in [3.8, 4) is 11.5 Å². The van der Waals surface area contributed by atoms with Gasteiger partial charge in [-0.1, -0.05) is 52.7 Å². The normalized spacial score (nSPS) is 15.5. The number of ether oxygens (including phenoxy) is 1. The molecule has 0 aliphatic carbocycles. The second-order valence-corrected chi connectivity index (χ2v) is 8.63. The van der Waals surface area contributed by atoms with E-state index in [1.807, 2.05) is 36.4 Å². The van der Waals surface area contributed by atoms with Crippen LogP contribution in [-0.4, -0.2) is 13.1 Å². The topological polar surface area (TPSA) is 113 Å². The van der Waals surface area contributed by atoms with Crippen molar-refractivity contribution in [1.29, 1.82) is 0 Å². The zero-order valence-electron chi connectivity index (χ0n) is 18.4. The van der Waals surface area contributed by atoms with Crippen LogP contribution >= 0.6 is 0 Å². The summed E-state index contributed by atoms with van der Waals surface area (Å²) in [5.74, 6) is 1.37. The van der Waals surface area contributed by atoms with Gasteiger partial charge < -0.3 is 27.7 Å². The Morgan fingerprint density at radius 2 is 1.10 bits per heavy atom. The van der Waals surface area contributed by atoms with Gasteiger partial charge in [0.1, 0.15) is 11.5 Å². The number of hydrogen-bond donors (Lipinski definition) is 4. The van der Waals surface area contributed by atoms with E-state index in [-0.39, 0.29) is 10.8 Å². The Morgan fingerprint density at radius 1 is 0.724 bits per heavy atom. The molecule has 5 heteroatoms. The highest BCUT2D eigenvalue weighted by atomic mass is 16.5. The van der Waals surface area contributed by atoms with Gasteiger partial charge in [-0.05, 0) is 36.1 Å². The monoisotopic (exact) mass is 398 g/mol. The van der Waals surface area contributed by atoms with Crippen LogP contribution in [0.5, 0.6) is 11.5 Å². The molecule has 0 fully saturated rings. The minimum Gasteiger partial charge on any atom is -0.457 e. The van der Waals surface area contributed by atoms with Crippen molar-refractivity contribution in [3.05, 3.63) is 47.5 Å². The number of nitrogens with two attached hydrogens (primary N) is 4. The Bertz CT molecular complexity index is 755. The van der Waals surface area contributed by atoms with Crippen LogP contribution < -0.4 is 27.7 Å².